The molecule has 152 valence electrons. The molecule has 3 aromatic rings. The van der Waals surface area contributed by atoms with Gasteiger partial charge in [0.1, 0.15) is 17.5 Å². The van der Waals surface area contributed by atoms with E-state index in [1.807, 2.05) is 50.2 Å². The van der Waals surface area contributed by atoms with Crippen LogP contribution in [0.5, 0.6) is 11.5 Å². The average molecular weight is 460 g/mol. The molecule has 0 bridgehead atoms. The van der Waals surface area contributed by atoms with Gasteiger partial charge in [-0.15, -0.1) is 0 Å². The summed E-state index contributed by atoms with van der Waals surface area (Å²) in [7, 11) is 1.61. The van der Waals surface area contributed by atoms with E-state index in [2.05, 4.69) is 31.4 Å². The molecular weight excluding hydrogens is 438 g/mol. The molecule has 0 spiro atoms. The minimum Gasteiger partial charge on any atom is -0.497 e. The Kier molecular flexibility index (Phi) is 6.87. The largest absolute Gasteiger partial charge is 0.497 e. The zero-order valence-electron chi connectivity index (χ0n) is 16.4. The summed E-state index contributed by atoms with van der Waals surface area (Å²) in [5.41, 5.74) is 0.799. The van der Waals surface area contributed by atoms with Crippen LogP contribution < -0.4 is 14.8 Å². The van der Waals surface area contributed by atoms with Gasteiger partial charge >= 0.3 is 0 Å². The van der Waals surface area contributed by atoms with Crippen LogP contribution in [0.15, 0.2) is 57.5 Å². The smallest absolute Gasteiger partial charge is 0.258 e. The first-order valence-corrected chi connectivity index (χ1v) is 9.91. The van der Waals surface area contributed by atoms with Crippen molar-refractivity contribution in [2.45, 2.75) is 19.9 Å². The molecule has 8 heteroatoms. The maximum atomic E-state index is 12.4. The van der Waals surface area contributed by atoms with Crippen LogP contribution in [0.25, 0.3) is 11.4 Å². The molecule has 3 rings (SSSR count). The van der Waals surface area contributed by atoms with E-state index in [1.54, 1.807) is 19.2 Å². The Labute approximate surface area is 177 Å². The topological polar surface area (TPSA) is 86.5 Å². The number of aromatic nitrogens is 2. The predicted molar refractivity (Wildman–Crippen MR) is 112 cm³/mol. The van der Waals surface area contributed by atoms with Crippen LogP contribution in [-0.2, 0) is 4.79 Å². The molecule has 1 aromatic heterocycles. The second kappa shape index (κ2) is 9.56. The molecule has 0 aliphatic heterocycles. The second-order valence-corrected chi connectivity index (χ2v) is 7.63. The van der Waals surface area contributed by atoms with Crippen LogP contribution in [0.4, 0.5) is 0 Å². The Bertz CT molecular complexity index is 939. The summed E-state index contributed by atoms with van der Waals surface area (Å²) in [6.07, 6.45) is 0. The van der Waals surface area contributed by atoms with Gasteiger partial charge in [0.2, 0.25) is 11.7 Å². The third kappa shape index (κ3) is 5.57. The fourth-order valence-electron chi connectivity index (χ4n) is 2.63. The third-order valence-electron chi connectivity index (χ3n) is 4.22. The summed E-state index contributed by atoms with van der Waals surface area (Å²) in [5, 5.41) is 6.95. The Morgan fingerprint density at radius 3 is 2.38 bits per heavy atom. The quantitative estimate of drug-likeness (QED) is 0.536. The standard InChI is InChI=1S/C21H22BrN3O4/c1-13(2)19(23-18(26)12-28-17-10-6-15(22)7-11-17)21-24-20(25-29-21)14-4-8-16(27-3)9-5-14/h4-11,13,19H,12H2,1-3H3,(H,23,26)/t19-/m0/s1. The Morgan fingerprint density at radius 1 is 1.10 bits per heavy atom. The van der Waals surface area contributed by atoms with Crippen LogP contribution in [0, 0.1) is 5.92 Å². The molecule has 1 N–H and O–H groups in total. The molecule has 0 aliphatic rings. The van der Waals surface area contributed by atoms with E-state index in [9.17, 15) is 4.79 Å². The first-order valence-electron chi connectivity index (χ1n) is 9.12. The van der Waals surface area contributed by atoms with Crippen molar-refractivity contribution in [1.82, 2.24) is 15.5 Å². The van der Waals surface area contributed by atoms with Crippen molar-refractivity contribution in [2.24, 2.45) is 5.92 Å². The lowest BCUT2D eigenvalue weighted by Gasteiger charge is -2.18. The SMILES string of the molecule is COc1ccc(-c2noc([C@@H](NC(=O)COc3ccc(Br)cc3)C(C)C)n2)cc1. The van der Waals surface area contributed by atoms with Crippen molar-refractivity contribution in [1.29, 1.82) is 0 Å². The summed E-state index contributed by atoms with van der Waals surface area (Å²) in [4.78, 5) is 16.8. The molecule has 0 saturated heterocycles. The number of benzene rings is 2. The van der Waals surface area contributed by atoms with Gasteiger partial charge in [0.05, 0.1) is 7.11 Å². The van der Waals surface area contributed by atoms with E-state index in [1.165, 1.54) is 0 Å². The minimum absolute atomic E-state index is 0.0517. The van der Waals surface area contributed by atoms with E-state index in [4.69, 9.17) is 14.0 Å². The number of halogens is 1. The minimum atomic E-state index is -0.421. The van der Waals surface area contributed by atoms with Crippen molar-refractivity contribution in [2.75, 3.05) is 13.7 Å². The van der Waals surface area contributed by atoms with Crippen LogP contribution >= 0.6 is 15.9 Å². The molecule has 0 radical (unpaired) electrons. The monoisotopic (exact) mass is 459 g/mol. The Hall–Kier alpha value is -2.87. The maximum absolute atomic E-state index is 12.4. The molecule has 1 atom stereocenters. The molecule has 0 saturated carbocycles. The summed E-state index contributed by atoms with van der Waals surface area (Å²) >= 11 is 3.36. The molecule has 0 unspecified atom stereocenters. The number of methoxy groups -OCH3 is 1. The molecule has 7 nitrogen and oxygen atoms in total. The fourth-order valence-corrected chi connectivity index (χ4v) is 2.89. The lowest BCUT2D eigenvalue weighted by atomic mass is 10.0. The van der Waals surface area contributed by atoms with Crippen LogP contribution in [-0.4, -0.2) is 29.8 Å². The summed E-state index contributed by atoms with van der Waals surface area (Å²) in [6.45, 7) is 3.83. The highest BCUT2D eigenvalue weighted by Crippen LogP contribution is 2.25. The normalized spacial score (nSPS) is 11.9. The highest BCUT2D eigenvalue weighted by molar-refractivity contribution is 9.10. The Morgan fingerprint density at radius 2 is 1.76 bits per heavy atom. The van der Waals surface area contributed by atoms with E-state index in [0.717, 1.165) is 15.8 Å². The fraction of sp³-hybridized carbons (Fsp3) is 0.286. The summed E-state index contributed by atoms with van der Waals surface area (Å²) in [6, 6.07) is 14.2. The highest BCUT2D eigenvalue weighted by atomic mass is 79.9. The van der Waals surface area contributed by atoms with Crippen LogP contribution in [0.1, 0.15) is 25.8 Å². The third-order valence-corrected chi connectivity index (χ3v) is 4.75. The van der Waals surface area contributed by atoms with Gasteiger partial charge in [-0.25, -0.2) is 0 Å². The molecule has 29 heavy (non-hydrogen) atoms. The van der Waals surface area contributed by atoms with Gasteiger partial charge in [0.15, 0.2) is 6.61 Å². The molecule has 0 fully saturated rings. The molecule has 1 heterocycles. The van der Waals surface area contributed by atoms with Crippen LogP contribution in [0.3, 0.4) is 0 Å². The molecular formula is C21H22BrN3O4. The van der Waals surface area contributed by atoms with Gasteiger partial charge in [-0.1, -0.05) is 34.9 Å². The van der Waals surface area contributed by atoms with Crippen LogP contribution in [0.2, 0.25) is 0 Å². The molecule has 0 aliphatic carbocycles. The molecule has 1 amide bonds. The van der Waals surface area contributed by atoms with E-state index >= 15 is 0 Å². The van der Waals surface area contributed by atoms with Crippen molar-refractivity contribution >= 4 is 21.8 Å². The number of ether oxygens (including phenoxy) is 2. The lowest BCUT2D eigenvalue weighted by molar-refractivity contribution is -0.124. The van der Waals surface area contributed by atoms with Gasteiger partial charge < -0.3 is 19.3 Å². The van der Waals surface area contributed by atoms with Gasteiger partial charge in [-0.2, -0.15) is 4.98 Å². The number of nitrogens with one attached hydrogen (secondary N) is 1. The van der Waals surface area contributed by atoms with Crippen molar-refractivity contribution in [3.63, 3.8) is 0 Å². The zero-order chi connectivity index (χ0) is 20.8. The second-order valence-electron chi connectivity index (χ2n) is 6.72. The number of rotatable bonds is 8. The van der Waals surface area contributed by atoms with Gasteiger partial charge in [-0.05, 0) is 54.4 Å². The average Bonchev–Trinajstić information content (AvgIpc) is 3.21. The predicted octanol–water partition coefficient (Wildman–Crippen LogP) is 4.40. The number of amides is 1. The van der Waals surface area contributed by atoms with E-state index < -0.39 is 6.04 Å². The summed E-state index contributed by atoms with van der Waals surface area (Å²) < 4.78 is 17.0. The number of carbonyl (C=O) groups is 1. The highest BCUT2D eigenvalue weighted by Gasteiger charge is 2.25. The van der Waals surface area contributed by atoms with Gasteiger partial charge in [-0.3, -0.25) is 4.79 Å². The van der Waals surface area contributed by atoms with E-state index in [-0.39, 0.29) is 18.4 Å². The van der Waals surface area contributed by atoms with E-state index in [0.29, 0.717) is 17.5 Å². The maximum Gasteiger partial charge on any atom is 0.258 e. The number of carbonyl (C=O) groups excluding carboxylic acids is 1. The van der Waals surface area contributed by atoms with Crippen molar-refractivity contribution < 1.29 is 18.8 Å². The summed E-state index contributed by atoms with van der Waals surface area (Å²) in [5.74, 6) is 1.95. The Balaban J connectivity index is 1.65. The number of nitrogens with zero attached hydrogens (tertiary/aromatic N) is 2. The first-order chi connectivity index (χ1) is 14.0. The molecule has 2 aromatic carbocycles. The lowest BCUT2D eigenvalue weighted by Crippen LogP contribution is -2.35. The number of hydrogen-bond donors (Lipinski definition) is 1. The van der Waals surface area contributed by atoms with Crippen molar-refractivity contribution in [3.8, 4) is 22.9 Å². The first kappa shape index (κ1) is 20.9. The zero-order valence-corrected chi connectivity index (χ0v) is 18.0. The van der Waals surface area contributed by atoms with Gasteiger partial charge in [0.25, 0.3) is 5.91 Å². The van der Waals surface area contributed by atoms with Crippen molar-refractivity contribution in [3.05, 3.63) is 58.9 Å². The van der Waals surface area contributed by atoms with Gasteiger partial charge in [0, 0.05) is 10.0 Å². The number of hydrogen-bond acceptors (Lipinski definition) is 6.